The van der Waals surface area contributed by atoms with Gasteiger partial charge in [-0.15, -0.1) is 0 Å². The summed E-state index contributed by atoms with van der Waals surface area (Å²) < 4.78 is 14.7. The zero-order chi connectivity index (χ0) is 10.8. The third-order valence-electron chi connectivity index (χ3n) is 1.96. The minimum Gasteiger partial charge on any atom is -0.505 e. The Hall–Kier alpha value is -1.55. The van der Waals surface area contributed by atoms with Crippen LogP contribution in [0.15, 0.2) is 30.6 Å². The van der Waals surface area contributed by atoms with Gasteiger partial charge in [-0.2, -0.15) is 5.10 Å². The Morgan fingerprint density at radius 3 is 2.93 bits per heavy atom. The van der Waals surface area contributed by atoms with Crippen LogP contribution < -0.4 is 0 Å². The number of hydrogen-bond donors (Lipinski definition) is 1. The van der Waals surface area contributed by atoms with Crippen molar-refractivity contribution in [2.45, 2.75) is 6.54 Å². The molecule has 1 N–H and O–H groups in total. The molecule has 0 aliphatic carbocycles. The Kier molecular flexibility index (Phi) is 2.60. The molecule has 5 heteroatoms. The minimum atomic E-state index is -0.339. The van der Waals surface area contributed by atoms with E-state index in [1.807, 2.05) is 0 Å². The van der Waals surface area contributed by atoms with Crippen LogP contribution in [0.3, 0.4) is 0 Å². The number of rotatable bonds is 2. The summed E-state index contributed by atoms with van der Waals surface area (Å²) in [5, 5.41) is 13.4. The van der Waals surface area contributed by atoms with Gasteiger partial charge in [0.1, 0.15) is 5.82 Å². The van der Waals surface area contributed by atoms with Gasteiger partial charge in [-0.05, 0) is 18.2 Å². The lowest BCUT2D eigenvalue weighted by atomic mass is 10.2. The summed E-state index contributed by atoms with van der Waals surface area (Å²) in [5.74, 6) is -0.285. The monoisotopic (exact) mass is 226 g/mol. The van der Waals surface area contributed by atoms with Crippen LogP contribution in [0.1, 0.15) is 5.56 Å². The summed E-state index contributed by atoms with van der Waals surface area (Å²) >= 11 is 5.74. The number of aromatic hydroxyl groups is 1. The van der Waals surface area contributed by atoms with Gasteiger partial charge in [-0.3, -0.25) is 4.68 Å². The van der Waals surface area contributed by atoms with Gasteiger partial charge in [0.25, 0.3) is 0 Å². The largest absolute Gasteiger partial charge is 0.505 e. The predicted octanol–water partition coefficient (Wildman–Crippen LogP) is 2.43. The van der Waals surface area contributed by atoms with E-state index in [0.29, 0.717) is 10.6 Å². The quantitative estimate of drug-likeness (QED) is 0.854. The molecule has 0 bridgehead atoms. The van der Waals surface area contributed by atoms with Crippen LogP contribution >= 0.6 is 11.6 Å². The first-order valence-electron chi connectivity index (χ1n) is 4.30. The molecule has 0 atom stereocenters. The van der Waals surface area contributed by atoms with Gasteiger partial charge in [0, 0.05) is 10.6 Å². The topological polar surface area (TPSA) is 38.1 Å². The van der Waals surface area contributed by atoms with Crippen molar-refractivity contribution < 1.29 is 9.50 Å². The molecule has 1 aromatic heterocycles. The molecule has 0 aliphatic heterocycles. The van der Waals surface area contributed by atoms with Gasteiger partial charge in [-0.25, -0.2) is 4.39 Å². The highest BCUT2D eigenvalue weighted by Gasteiger charge is 2.04. The normalized spacial score (nSPS) is 10.5. The highest BCUT2D eigenvalue weighted by Crippen LogP contribution is 2.16. The van der Waals surface area contributed by atoms with Crippen molar-refractivity contribution >= 4 is 11.6 Å². The van der Waals surface area contributed by atoms with Crippen LogP contribution in [0.2, 0.25) is 5.02 Å². The van der Waals surface area contributed by atoms with E-state index in [4.69, 9.17) is 16.7 Å². The minimum absolute atomic E-state index is 0.0532. The number of nitrogens with zero attached hydrogens (tertiary/aromatic N) is 2. The molecule has 78 valence electrons. The summed E-state index contributed by atoms with van der Waals surface area (Å²) in [6.45, 7) is 0.243. The van der Waals surface area contributed by atoms with Gasteiger partial charge in [0.05, 0.1) is 18.9 Å². The van der Waals surface area contributed by atoms with E-state index in [1.54, 1.807) is 0 Å². The van der Waals surface area contributed by atoms with Gasteiger partial charge < -0.3 is 5.11 Å². The maximum Gasteiger partial charge on any atom is 0.153 e. The molecular weight excluding hydrogens is 219 g/mol. The Balaban J connectivity index is 2.27. The fourth-order valence-electron chi connectivity index (χ4n) is 1.28. The lowest BCUT2D eigenvalue weighted by molar-refractivity contribution is 0.474. The molecule has 2 aromatic rings. The van der Waals surface area contributed by atoms with Gasteiger partial charge in [0.15, 0.2) is 5.75 Å². The third-order valence-corrected chi connectivity index (χ3v) is 2.19. The van der Waals surface area contributed by atoms with E-state index in [9.17, 15) is 4.39 Å². The molecule has 0 amide bonds. The van der Waals surface area contributed by atoms with Crippen LogP contribution in [0, 0.1) is 5.82 Å². The summed E-state index contributed by atoms with van der Waals surface area (Å²) in [6, 6.07) is 4.33. The molecule has 15 heavy (non-hydrogen) atoms. The standard InChI is InChI=1S/C10H8ClFN2O/c11-8-1-2-10(12)7(3-8)5-14-6-9(15)4-13-14/h1-4,6,15H,5H2. The van der Waals surface area contributed by atoms with Gasteiger partial charge in [-0.1, -0.05) is 11.6 Å². The number of aromatic nitrogens is 2. The Bertz CT molecular complexity index is 484. The van der Waals surface area contributed by atoms with E-state index in [0.717, 1.165) is 0 Å². The maximum absolute atomic E-state index is 13.3. The Morgan fingerprint density at radius 2 is 2.27 bits per heavy atom. The van der Waals surface area contributed by atoms with E-state index < -0.39 is 0 Å². The summed E-state index contributed by atoms with van der Waals surface area (Å²) in [5.41, 5.74) is 0.436. The molecule has 0 saturated carbocycles. The fraction of sp³-hybridized carbons (Fsp3) is 0.100. The lowest BCUT2D eigenvalue weighted by Gasteiger charge is -2.03. The number of benzene rings is 1. The molecule has 0 spiro atoms. The average molecular weight is 227 g/mol. The first-order chi connectivity index (χ1) is 7.15. The summed E-state index contributed by atoms with van der Waals surface area (Å²) in [6.07, 6.45) is 2.71. The third kappa shape index (κ3) is 2.27. The second kappa shape index (κ2) is 3.90. The van der Waals surface area contributed by atoms with Crippen molar-refractivity contribution in [1.82, 2.24) is 9.78 Å². The Labute approximate surface area is 90.7 Å². The first kappa shape index (κ1) is 9.98. The predicted molar refractivity (Wildman–Crippen MR) is 54.4 cm³/mol. The van der Waals surface area contributed by atoms with Crippen molar-refractivity contribution in [3.8, 4) is 5.75 Å². The smallest absolute Gasteiger partial charge is 0.153 e. The molecule has 0 unspecified atom stereocenters. The SMILES string of the molecule is Oc1cnn(Cc2cc(Cl)ccc2F)c1. The number of halogens is 2. The van der Waals surface area contributed by atoms with Crippen LogP contribution in [0.5, 0.6) is 5.75 Å². The first-order valence-corrected chi connectivity index (χ1v) is 4.68. The molecule has 0 radical (unpaired) electrons. The molecular formula is C10H8ClFN2O. The molecule has 2 rings (SSSR count). The molecule has 0 aliphatic rings. The summed E-state index contributed by atoms with van der Waals surface area (Å²) in [4.78, 5) is 0. The van der Waals surface area contributed by atoms with Crippen molar-refractivity contribution in [3.05, 3.63) is 47.0 Å². The lowest BCUT2D eigenvalue weighted by Crippen LogP contribution is -2.02. The van der Waals surface area contributed by atoms with E-state index in [-0.39, 0.29) is 18.1 Å². The average Bonchev–Trinajstić information content (AvgIpc) is 2.58. The highest BCUT2D eigenvalue weighted by molar-refractivity contribution is 6.30. The zero-order valence-corrected chi connectivity index (χ0v) is 8.45. The van der Waals surface area contributed by atoms with Crippen molar-refractivity contribution in [2.24, 2.45) is 0 Å². The second-order valence-electron chi connectivity index (χ2n) is 3.13. The van der Waals surface area contributed by atoms with Gasteiger partial charge >= 0.3 is 0 Å². The van der Waals surface area contributed by atoms with Crippen LogP contribution in [-0.2, 0) is 6.54 Å². The summed E-state index contributed by atoms with van der Waals surface area (Å²) in [7, 11) is 0. The van der Waals surface area contributed by atoms with E-state index in [1.165, 1.54) is 35.3 Å². The molecule has 0 fully saturated rings. The molecule has 1 heterocycles. The maximum atomic E-state index is 13.3. The van der Waals surface area contributed by atoms with Crippen molar-refractivity contribution in [3.63, 3.8) is 0 Å². The molecule has 1 aromatic carbocycles. The van der Waals surface area contributed by atoms with Gasteiger partial charge in [0.2, 0.25) is 0 Å². The number of hydrogen-bond acceptors (Lipinski definition) is 2. The van der Waals surface area contributed by atoms with E-state index >= 15 is 0 Å². The van der Waals surface area contributed by atoms with Crippen LogP contribution in [-0.4, -0.2) is 14.9 Å². The zero-order valence-electron chi connectivity index (χ0n) is 7.69. The highest BCUT2D eigenvalue weighted by atomic mass is 35.5. The Morgan fingerprint density at radius 1 is 1.47 bits per heavy atom. The van der Waals surface area contributed by atoms with E-state index in [2.05, 4.69) is 5.10 Å². The second-order valence-corrected chi connectivity index (χ2v) is 3.57. The van der Waals surface area contributed by atoms with Crippen molar-refractivity contribution in [2.75, 3.05) is 0 Å². The molecule has 0 saturated heterocycles. The van der Waals surface area contributed by atoms with Crippen molar-refractivity contribution in [1.29, 1.82) is 0 Å². The fourth-order valence-corrected chi connectivity index (χ4v) is 1.47. The van der Waals surface area contributed by atoms with Crippen LogP contribution in [0.25, 0.3) is 0 Å². The molecule has 3 nitrogen and oxygen atoms in total. The van der Waals surface area contributed by atoms with Crippen LogP contribution in [0.4, 0.5) is 4.39 Å².